The number of aryl methyl sites for hydroxylation is 1. The highest BCUT2D eigenvalue weighted by Gasteiger charge is 2.18. The number of nitrogens with one attached hydrogen (secondary N) is 1. The van der Waals surface area contributed by atoms with Gasteiger partial charge in [0.15, 0.2) is 5.82 Å². The molecule has 1 amide bonds. The first kappa shape index (κ1) is 22.0. The third kappa shape index (κ3) is 5.75. The fourth-order valence-corrected chi connectivity index (χ4v) is 3.70. The molecule has 2 aromatic carbocycles. The van der Waals surface area contributed by atoms with Crippen LogP contribution in [-0.2, 0) is 17.8 Å². The number of halogens is 1. The van der Waals surface area contributed by atoms with Gasteiger partial charge in [-0.25, -0.2) is 0 Å². The fraction of sp³-hybridized carbons (Fsp3) is 0.292. The predicted molar refractivity (Wildman–Crippen MR) is 124 cm³/mol. The lowest BCUT2D eigenvalue weighted by Crippen LogP contribution is -2.28. The number of methoxy groups -OCH3 is 1. The second-order valence-electron chi connectivity index (χ2n) is 7.60. The van der Waals surface area contributed by atoms with Crippen molar-refractivity contribution in [1.82, 2.24) is 15.0 Å². The Morgan fingerprint density at radius 1 is 1.22 bits per heavy atom. The van der Waals surface area contributed by atoms with Crippen LogP contribution in [0.15, 0.2) is 59.1 Å². The van der Waals surface area contributed by atoms with Gasteiger partial charge >= 0.3 is 0 Å². The third-order valence-electron chi connectivity index (χ3n) is 5.31. The molecule has 1 aliphatic rings. The van der Waals surface area contributed by atoms with E-state index in [4.69, 9.17) is 20.9 Å². The number of para-hydroxylation sites is 2. The summed E-state index contributed by atoms with van der Waals surface area (Å²) < 4.78 is 10.6. The Kier molecular flexibility index (Phi) is 7.19. The molecule has 0 spiro atoms. The lowest BCUT2D eigenvalue weighted by atomic mass is 10.1. The molecule has 0 saturated carbocycles. The van der Waals surface area contributed by atoms with E-state index < -0.39 is 0 Å². The highest BCUT2D eigenvalue weighted by Crippen LogP contribution is 2.24. The van der Waals surface area contributed by atoms with Crippen LogP contribution in [0.2, 0.25) is 5.02 Å². The first-order chi connectivity index (χ1) is 15.6. The SMILES string of the molecule is COc1ccccc1NC(=O)CCc1nc(C2=CCN(Cc3ccc(Cl)cc3)CC2)no1. The van der Waals surface area contributed by atoms with E-state index in [1.807, 2.05) is 24.3 Å². The maximum Gasteiger partial charge on any atom is 0.227 e. The van der Waals surface area contributed by atoms with Gasteiger partial charge in [-0.15, -0.1) is 0 Å². The lowest BCUT2D eigenvalue weighted by Gasteiger charge is -2.25. The summed E-state index contributed by atoms with van der Waals surface area (Å²) in [5.41, 5.74) is 2.95. The van der Waals surface area contributed by atoms with Crippen LogP contribution in [0, 0.1) is 0 Å². The first-order valence-corrected chi connectivity index (χ1v) is 10.9. The van der Waals surface area contributed by atoms with Crippen molar-refractivity contribution in [3.8, 4) is 5.75 Å². The van der Waals surface area contributed by atoms with Crippen molar-refractivity contribution in [3.05, 3.63) is 76.9 Å². The second kappa shape index (κ2) is 10.4. The van der Waals surface area contributed by atoms with Gasteiger partial charge in [0.1, 0.15) is 5.75 Å². The van der Waals surface area contributed by atoms with Crippen LogP contribution in [0.1, 0.15) is 30.1 Å². The van der Waals surface area contributed by atoms with Crippen LogP contribution in [-0.4, -0.2) is 41.1 Å². The summed E-state index contributed by atoms with van der Waals surface area (Å²) in [5.74, 6) is 1.55. The number of aromatic nitrogens is 2. The van der Waals surface area contributed by atoms with Gasteiger partial charge in [-0.2, -0.15) is 4.98 Å². The highest BCUT2D eigenvalue weighted by molar-refractivity contribution is 6.30. The van der Waals surface area contributed by atoms with Crippen molar-refractivity contribution in [2.45, 2.75) is 25.8 Å². The van der Waals surface area contributed by atoms with Gasteiger partial charge < -0.3 is 14.6 Å². The molecule has 1 aliphatic heterocycles. The van der Waals surface area contributed by atoms with E-state index in [-0.39, 0.29) is 12.3 Å². The predicted octanol–water partition coefficient (Wildman–Crippen LogP) is 4.59. The number of ether oxygens (including phenoxy) is 1. The Hall–Kier alpha value is -3.16. The maximum atomic E-state index is 12.3. The normalized spacial score (nSPS) is 14.1. The maximum absolute atomic E-state index is 12.3. The summed E-state index contributed by atoms with van der Waals surface area (Å²) in [5, 5.41) is 7.71. The molecule has 0 saturated heterocycles. The number of carbonyl (C=O) groups excluding carboxylic acids is 1. The van der Waals surface area contributed by atoms with Gasteiger partial charge in [-0.05, 0) is 41.8 Å². The van der Waals surface area contributed by atoms with Crippen LogP contribution in [0.25, 0.3) is 5.57 Å². The molecule has 0 radical (unpaired) electrons. The molecule has 1 N–H and O–H groups in total. The lowest BCUT2D eigenvalue weighted by molar-refractivity contribution is -0.116. The number of nitrogens with zero attached hydrogens (tertiary/aromatic N) is 3. The average molecular weight is 453 g/mol. The zero-order valence-electron chi connectivity index (χ0n) is 17.9. The molecular formula is C24H25ClN4O3. The molecule has 2 heterocycles. The van der Waals surface area contributed by atoms with E-state index in [0.717, 1.165) is 36.7 Å². The van der Waals surface area contributed by atoms with Gasteiger partial charge in [0, 0.05) is 37.5 Å². The minimum Gasteiger partial charge on any atom is -0.495 e. The van der Waals surface area contributed by atoms with Crippen molar-refractivity contribution in [1.29, 1.82) is 0 Å². The van der Waals surface area contributed by atoms with Gasteiger partial charge in [-0.3, -0.25) is 9.69 Å². The van der Waals surface area contributed by atoms with Gasteiger partial charge in [-0.1, -0.05) is 47.1 Å². The molecule has 0 fully saturated rings. The van der Waals surface area contributed by atoms with Crippen molar-refractivity contribution < 1.29 is 14.1 Å². The molecule has 0 bridgehead atoms. The van der Waals surface area contributed by atoms with E-state index in [2.05, 4.69) is 38.6 Å². The smallest absolute Gasteiger partial charge is 0.227 e. The standard InChI is InChI=1S/C24H25ClN4O3/c1-31-21-5-3-2-4-20(21)26-22(30)10-11-23-27-24(28-32-23)18-12-14-29(15-13-18)16-17-6-8-19(25)9-7-17/h2-9,12H,10-11,13-16H2,1H3,(H,26,30). The minimum atomic E-state index is -0.135. The summed E-state index contributed by atoms with van der Waals surface area (Å²) in [6.07, 6.45) is 3.61. The Bertz CT molecular complexity index is 1090. The number of carbonyl (C=O) groups is 1. The van der Waals surface area contributed by atoms with Gasteiger partial charge in [0.05, 0.1) is 12.8 Å². The van der Waals surface area contributed by atoms with Crippen LogP contribution in [0.5, 0.6) is 5.75 Å². The monoisotopic (exact) mass is 452 g/mol. The minimum absolute atomic E-state index is 0.135. The van der Waals surface area contributed by atoms with E-state index in [0.29, 0.717) is 29.6 Å². The third-order valence-corrected chi connectivity index (χ3v) is 5.57. The zero-order valence-corrected chi connectivity index (χ0v) is 18.6. The molecule has 4 rings (SSSR count). The largest absolute Gasteiger partial charge is 0.495 e. The summed E-state index contributed by atoms with van der Waals surface area (Å²) in [6.45, 7) is 2.61. The number of hydrogen-bond acceptors (Lipinski definition) is 6. The summed E-state index contributed by atoms with van der Waals surface area (Å²) in [6, 6.07) is 15.2. The Morgan fingerprint density at radius 2 is 2.03 bits per heavy atom. The topological polar surface area (TPSA) is 80.5 Å². The number of amides is 1. The average Bonchev–Trinajstić information content (AvgIpc) is 3.29. The van der Waals surface area contributed by atoms with E-state index in [1.54, 1.807) is 19.2 Å². The van der Waals surface area contributed by atoms with Crippen LogP contribution >= 0.6 is 11.6 Å². The van der Waals surface area contributed by atoms with Crippen molar-refractivity contribution in [3.63, 3.8) is 0 Å². The van der Waals surface area contributed by atoms with Crippen molar-refractivity contribution >= 4 is 28.8 Å². The second-order valence-corrected chi connectivity index (χ2v) is 8.04. The molecule has 8 heteroatoms. The van der Waals surface area contributed by atoms with Gasteiger partial charge in [0.25, 0.3) is 0 Å². The summed E-state index contributed by atoms with van der Waals surface area (Å²) in [4.78, 5) is 19.1. The molecule has 166 valence electrons. The van der Waals surface area contributed by atoms with Crippen LogP contribution in [0.4, 0.5) is 5.69 Å². The highest BCUT2D eigenvalue weighted by atomic mass is 35.5. The quantitative estimate of drug-likeness (QED) is 0.538. The molecule has 3 aromatic rings. The number of rotatable bonds is 8. The molecule has 7 nitrogen and oxygen atoms in total. The Balaban J connectivity index is 1.27. The van der Waals surface area contributed by atoms with E-state index in [1.165, 1.54) is 5.56 Å². The van der Waals surface area contributed by atoms with Crippen LogP contribution < -0.4 is 10.1 Å². The molecule has 0 aliphatic carbocycles. The van der Waals surface area contributed by atoms with Crippen molar-refractivity contribution in [2.24, 2.45) is 0 Å². The summed E-state index contributed by atoms with van der Waals surface area (Å²) >= 11 is 5.96. The summed E-state index contributed by atoms with van der Waals surface area (Å²) in [7, 11) is 1.57. The fourth-order valence-electron chi connectivity index (χ4n) is 3.57. The van der Waals surface area contributed by atoms with E-state index >= 15 is 0 Å². The first-order valence-electron chi connectivity index (χ1n) is 10.5. The van der Waals surface area contributed by atoms with Crippen molar-refractivity contribution in [2.75, 3.05) is 25.5 Å². The number of hydrogen-bond donors (Lipinski definition) is 1. The Labute approximate surface area is 192 Å². The zero-order chi connectivity index (χ0) is 22.3. The number of anilines is 1. The number of benzene rings is 2. The molecule has 0 unspecified atom stereocenters. The molecule has 0 atom stereocenters. The Morgan fingerprint density at radius 3 is 2.78 bits per heavy atom. The molecule has 32 heavy (non-hydrogen) atoms. The molecule has 1 aromatic heterocycles. The van der Waals surface area contributed by atoms with E-state index in [9.17, 15) is 4.79 Å². The van der Waals surface area contributed by atoms with Crippen LogP contribution in [0.3, 0.4) is 0 Å². The van der Waals surface area contributed by atoms with Gasteiger partial charge in [0.2, 0.25) is 11.8 Å². The molecular weight excluding hydrogens is 428 g/mol.